The topological polar surface area (TPSA) is 71.5 Å². The van der Waals surface area contributed by atoms with Crippen molar-refractivity contribution in [2.45, 2.75) is 6.92 Å². The van der Waals surface area contributed by atoms with Gasteiger partial charge in [0.2, 0.25) is 0 Å². The molecule has 1 aliphatic heterocycles. The van der Waals surface area contributed by atoms with Gasteiger partial charge in [0.15, 0.2) is 11.9 Å². The van der Waals surface area contributed by atoms with Crippen LogP contribution in [-0.2, 0) is 4.74 Å². The van der Waals surface area contributed by atoms with Crippen LogP contribution in [0.1, 0.15) is 23.0 Å². The molecule has 2 heterocycles. The Labute approximate surface area is 91.5 Å². The number of aromatic amines is 1. The van der Waals surface area contributed by atoms with Gasteiger partial charge in [-0.2, -0.15) is 0 Å². The number of esters is 1. The molecular formula is C11H9N2O3+. The summed E-state index contributed by atoms with van der Waals surface area (Å²) < 4.78 is 4.76. The second-order valence-electron chi connectivity index (χ2n) is 3.09. The predicted molar refractivity (Wildman–Crippen MR) is 59.1 cm³/mol. The number of nitrogens with one attached hydrogen (secondary N) is 1. The van der Waals surface area contributed by atoms with E-state index in [-0.39, 0.29) is 17.9 Å². The fourth-order valence-corrected chi connectivity index (χ4v) is 1.35. The molecule has 0 fully saturated rings. The second-order valence-corrected chi connectivity index (χ2v) is 3.09. The fourth-order valence-electron chi connectivity index (χ4n) is 1.35. The van der Waals surface area contributed by atoms with Crippen molar-refractivity contribution in [2.24, 2.45) is 4.99 Å². The molecule has 0 aliphatic carbocycles. The predicted octanol–water partition coefficient (Wildman–Crippen LogP) is 1.16. The number of allylic oxidation sites excluding steroid dienone is 1. The standard InChI is InChI=1S/C11H8N2O3/c1-2-16-11(15)7-6-13-8-4-3-5-12-9(8)10(7)14/h3-4,6H,2H2,1H3/p+1. The maximum atomic E-state index is 11.8. The highest BCUT2D eigenvalue weighted by atomic mass is 16.5. The molecule has 16 heavy (non-hydrogen) atoms. The average molecular weight is 217 g/mol. The molecule has 0 amide bonds. The first-order chi connectivity index (χ1) is 7.74. The lowest BCUT2D eigenvalue weighted by Gasteiger charge is -2.01. The number of carbonyl (C=O) groups is 1. The Bertz CT molecular complexity index is 541. The maximum Gasteiger partial charge on any atom is 0.345 e. The second kappa shape index (κ2) is 4.08. The van der Waals surface area contributed by atoms with Crippen molar-refractivity contribution >= 4 is 23.9 Å². The zero-order chi connectivity index (χ0) is 11.5. The summed E-state index contributed by atoms with van der Waals surface area (Å²) in [6.07, 6.45) is 7.14. The SMILES string of the molecule is CCOC(=O)c1c[nH]c2c(c1=O)N=[C+]C=C2. The van der Waals surface area contributed by atoms with Crippen molar-refractivity contribution in [1.29, 1.82) is 0 Å². The summed E-state index contributed by atoms with van der Waals surface area (Å²) >= 11 is 0. The minimum atomic E-state index is -0.642. The van der Waals surface area contributed by atoms with Gasteiger partial charge in [-0.05, 0) is 6.92 Å². The number of rotatable bonds is 2. The summed E-state index contributed by atoms with van der Waals surface area (Å²) in [6, 6.07) is 0. The Morgan fingerprint density at radius 3 is 3.19 bits per heavy atom. The van der Waals surface area contributed by atoms with Crippen LogP contribution in [0.5, 0.6) is 0 Å². The van der Waals surface area contributed by atoms with Gasteiger partial charge in [-0.3, -0.25) is 4.79 Å². The Hall–Kier alpha value is -2.26. The molecule has 80 valence electrons. The quantitative estimate of drug-likeness (QED) is 0.596. The van der Waals surface area contributed by atoms with Crippen LogP contribution in [0.25, 0.3) is 6.08 Å². The van der Waals surface area contributed by atoms with Crippen LogP contribution < -0.4 is 5.43 Å². The molecule has 1 aliphatic rings. The molecule has 2 rings (SSSR count). The van der Waals surface area contributed by atoms with Crippen LogP contribution in [-0.4, -0.2) is 23.8 Å². The molecule has 5 heteroatoms. The van der Waals surface area contributed by atoms with Gasteiger partial charge >= 0.3 is 5.97 Å². The minimum absolute atomic E-state index is 0.0403. The molecule has 1 N–H and O–H groups in total. The molecule has 0 saturated heterocycles. The lowest BCUT2D eigenvalue weighted by molar-refractivity contribution is 0.0524. The van der Waals surface area contributed by atoms with E-state index in [0.717, 1.165) is 0 Å². The zero-order valence-electron chi connectivity index (χ0n) is 8.61. The van der Waals surface area contributed by atoms with Crippen molar-refractivity contribution < 1.29 is 9.53 Å². The third kappa shape index (κ3) is 1.64. The molecule has 0 spiro atoms. The van der Waals surface area contributed by atoms with E-state index in [4.69, 9.17) is 4.74 Å². The van der Waals surface area contributed by atoms with E-state index >= 15 is 0 Å². The van der Waals surface area contributed by atoms with Gasteiger partial charge in [0.1, 0.15) is 11.6 Å². The number of hydrogen-bond acceptors (Lipinski definition) is 4. The van der Waals surface area contributed by atoms with Crippen LogP contribution in [0.15, 0.2) is 22.1 Å². The first-order valence-corrected chi connectivity index (χ1v) is 4.79. The smallest absolute Gasteiger partial charge is 0.345 e. The third-order valence-electron chi connectivity index (χ3n) is 2.08. The summed E-state index contributed by atoms with van der Waals surface area (Å²) in [5.41, 5.74) is 0.273. The first kappa shape index (κ1) is 10.3. The Morgan fingerprint density at radius 1 is 1.62 bits per heavy atom. The van der Waals surface area contributed by atoms with Crippen LogP contribution in [0, 0.1) is 0 Å². The number of carbonyl (C=O) groups excluding carboxylic acids is 1. The van der Waals surface area contributed by atoms with E-state index < -0.39 is 11.4 Å². The maximum absolute atomic E-state index is 11.8. The molecule has 5 nitrogen and oxygen atoms in total. The average Bonchev–Trinajstić information content (AvgIpc) is 2.30. The Morgan fingerprint density at radius 2 is 2.44 bits per heavy atom. The van der Waals surface area contributed by atoms with Gasteiger partial charge in [0.25, 0.3) is 11.1 Å². The molecule has 0 bridgehead atoms. The van der Waals surface area contributed by atoms with Crippen molar-refractivity contribution in [1.82, 2.24) is 4.98 Å². The largest absolute Gasteiger partial charge is 0.462 e. The first-order valence-electron chi connectivity index (χ1n) is 4.79. The number of aliphatic imine (C=N–C) groups is 1. The molecule has 1 aromatic heterocycles. The van der Waals surface area contributed by atoms with E-state index in [1.54, 1.807) is 19.1 Å². The van der Waals surface area contributed by atoms with Crippen LogP contribution >= 0.6 is 0 Å². The Kier molecular flexibility index (Phi) is 2.62. The summed E-state index contributed by atoms with van der Waals surface area (Å²) in [5.74, 6) is -0.642. The van der Waals surface area contributed by atoms with Gasteiger partial charge in [-0.1, -0.05) is 4.99 Å². The molecule has 0 aromatic carbocycles. The highest BCUT2D eigenvalue weighted by Crippen LogP contribution is 2.16. The molecule has 0 unspecified atom stereocenters. The molecule has 1 aromatic rings. The van der Waals surface area contributed by atoms with Gasteiger partial charge < -0.3 is 9.72 Å². The highest BCUT2D eigenvalue weighted by Gasteiger charge is 2.22. The molecule has 0 atom stereocenters. The summed E-state index contributed by atoms with van der Waals surface area (Å²) in [6.45, 7) is 1.91. The highest BCUT2D eigenvalue weighted by molar-refractivity contribution is 5.92. The van der Waals surface area contributed by atoms with Crippen LogP contribution in [0.4, 0.5) is 5.69 Å². The van der Waals surface area contributed by atoms with Gasteiger partial charge in [0, 0.05) is 6.20 Å². The van der Waals surface area contributed by atoms with Crippen LogP contribution in [0.3, 0.4) is 0 Å². The third-order valence-corrected chi connectivity index (χ3v) is 2.08. The number of aromatic nitrogens is 1. The van der Waals surface area contributed by atoms with Crippen molar-refractivity contribution in [3.8, 4) is 0 Å². The number of pyridine rings is 1. The lowest BCUT2D eigenvalue weighted by atomic mass is 10.2. The van der Waals surface area contributed by atoms with Gasteiger partial charge in [0.05, 0.1) is 12.7 Å². The number of H-pyrrole nitrogens is 1. The van der Waals surface area contributed by atoms with Gasteiger partial charge in [-0.15, -0.1) is 0 Å². The normalized spacial score (nSPS) is 11.8. The molecule has 0 radical (unpaired) electrons. The number of nitrogens with zero attached hydrogens (tertiary/aromatic N) is 1. The van der Waals surface area contributed by atoms with Crippen molar-refractivity contribution in [3.63, 3.8) is 0 Å². The minimum Gasteiger partial charge on any atom is -0.462 e. The van der Waals surface area contributed by atoms with Crippen molar-refractivity contribution in [3.05, 3.63) is 33.8 Å². The van der Waals surface area contributed by atoms with E-state index in [2.05, 4.69) is 16.2 Å². The van der Waals surface area contributed by atoms with E-state index in [9.17, 15) is 9.59 Å². The van der Waals surface area contributed by atoms with E-state index in [0.29, 0.717) is 5.69 Å². The van der Waals surface area contributed by atoms with Crippen molar-refractivity contribution in [2.75, 3.05) is 6.61 Å². The Balaban J connectivity index is 2.51. The van der Waals surface area contributed by atoms with Crippen LogP contribution in [0.2, 0.25) is 0 Å². The summed E-state index contributed by atoms with van der Waals surface area (Å²) in [7, 11) is 0. The lowest BCUT2D eigenvalue weighted by Crippen LogP contribution is -2.19. The number of fused-ring (bicyclic) bond motifs is 1. The monoisotopic (exact) mass is 217 g/mol. The number of ether oxygens (including phenoxy) is 1. The van der Waals surface area contributed by atoms with E-state index in [1.165, 1.54) is 6.20 Å². The zero-order valence-corrected chi connectivity index (χ0v) is 8.61. The van der Waals surface area contributed by atoms with Gasteiger partial charge in [-0.25, -0.2) is 4.79 Å². The number of hydrogen-bond donors (Lipinski definition) is 1. The fraction of sp³-hybridized carbons (Fsp3) is 0.182. The summed E-state index contributed by atoms with van der Waals surface area (Å²) in [4.78, 5) is 29.9. The van der Waals surface area contributed by atoms with E-state index in [1.807, 2.05) is 0 Å². The summed E-state index contributed by atoms with van der Waals surface area (Å²) in [5, 5.41) is 0. The molecular weight excluding hydrogens is 208 g/mol. The molecule has 0 saturated carbocycles.